The lowest BCUT2D eigenvalue weighted by molar-refractivity contribution is -0.384. The van der Waals surface area contributed by atoms with Gasteiger partial charge in [-0.1, -0.05) is 0 Å². The molecule has 0 unspecified atom stereocenters. The van der Waals surface area contributed by atoms with E-state index in [1.807, 2.05) is 0 Å². The Hall–Kier alpha value is -2.88. The molecule has 1 saturated heterocycles. The third kappa shape index (κ3) is 4.45. The molecule has 1 fully saturated rings. The molecular formula is C17H19N3O6S. The lowest BCUT2D eigenvalue weighted by Gasteiger charge is -2.23. The molecule has 27 heavy (non-hydrogen) atoms. The number of carbonyl (C=O) groups excluding carboxylic acids is 1. The number of ether oxygens (including phenoxy) is 1. The summed E-state index contributed by atoms with van der Waals surface area (Å²) in [4.78, 5) is 26.6. The van der Waals surface area contributed by atoms with Crippen molar-refractivity contribution in [2.75, 3.05) is 6.54 Å². The zero-order chi connectivity index (χ0) is 19.6. The number of hydrogen-bond donors (Lipinski definition) is 4. The predicted octanol–water partition coefficient (Wildman–Crippen LogP) is 2.59. The van der Waals surface area contributed by atoms with Gasteiger partial charge in [-0.15, -0.1) is 0 Å². The van der Waals surface area contributed by atoms with E-state index >= 15 is 0 Å². The molecule has 1 aromatic heterocycles. The van der Waals surface area contributed by atoms with Crippen LogP contribution >= 0.6 is 12.6 Å². The van der Waals surface area contributed by atoms with Gasteiger partial charge in [0.05, 0.1) is 4.92 Å². The second-order valence-electron chi connectivity index (χ2n) is 6.41. The fourth-order valence-corrected chi connectivity index (χ4v) is 3.55. The number of aromatic nitrogens is 1. The van der Waals surface area contributed by atoms with E-state index in [0.717, 1.165) is 0 Å². The van der Waals surface area contributed by atoms with Crippen molar-refractivity contribution in [3.8, 4) is 11.8 Å². The van der Waals surface area contributed by atoms with E-state index in [1.165, 1.54) is 30.3 Å². The van der Waals surface area contributed by atoms with Crippen LogP contribution in [-0.4, -0.2) is 49.0 Å². The highest BCUT2D eigenvalue weighted by Gasteiger charge is 2.35. The number of non-ortho nitro benzene ring substituents is 1. The Balaban J connectivity index is 1.61. The van der Waals surface area contributed by atoms with Crippen LogP contribution in [0.25, 0.3) is 0 Å². The third-order valence-electron chi connectivity index (χ3n) is 4.45. The first-order chi connectivity index (χ1) is 12.8. The normalized spacial score (nSPS) is 19.2. The number of nitrogens with one attached hydrogen (secondary N) is 1. The van der Waals surface area contributed by atoms with Crippen LogP contribution < -0.4 is 0 Å². The average molecular weight is 393 g/mol. The molecule has 1 aromatic carbocycles. The molecule has 0 spiro atoms. The Kier molecular flexibility index (Phi) is 5.45. The van der Waals surface area contributed by atoms with Gasteiger partial charge in [-0.2, -0.15) is 12.6 Å². The first-order valence-corrected chi connectivity index (χ1v) is 8.79. The van der Waals surface area contributed by atoms with Gasteiger partial charge >= 0.3 is 6.09 Å². The minimum absolute atomic E-state index is 0.00647. The van der Waals surface area contributed by atoms with E-state index in [4.69, 9.17) is 4.74 Å². The van der Waals surface area contributed by atoms with Crippen molar-refractivity contribution in [2.45, 2.75) is 30.7 Å². The van der Waals surface area contributed by atoms with Crippen LogP contribution in [0.4, 0.5) is 10.5 Å². The van der Waals surface area contributed by atoms with Crippen molar-refractivity contribution in [3.05, 3.63) is 51.6 Å². The second kappa shape index (κ2) is 7.78. The van der Waals surface area contributed by atoms with Crippen molar-refractivity contribution in [1.82, 2.24) is 9.88 Å². The molecule has 1 amide bonds. The van der Waals surface area contributed by atoms with Crippen LogP contribution in [0, 0.1) is 10.1 Å². The quantitative estimate of drug-likeness (QED) is 0.351. The summed E-state index contributed by atoms with van der Waals surface area (Å²) in [5.74, 6) is -0.274. The molecule has 10 heteroatoms. The number of hydrogen-bond acceptors (Lipinski definition) is 7. The van der Waals surface area contributed by atoms with Crippen molar-refractivity contribution in [1.29, 1.82) is 0 Å². The number of aromatic hydroxyl groups is 2. The Labute approximate surface area is 160 Å². The number of aromatic amines is 1. The van der Waals surface area contributed by atoms with Gasteiger partial charge in [0.2, 0.25) is 0 Å². The van der Waals surface area contributed by atoms with E-state index in [2.05, 4.69) is 17.6 Å². The molecule has 144 valence electrons. The summed E-state index contributed by atoms with van der Waals surface area (Å²) < 4.78 is 5.33. The van der Waals surface area contributed by atoms with Crippen LogP contribution in [0.1, 0.15) is 17.5 Å². The van der Waals surface area contributed by atoms with Gasteiger partial charge in [0.1, 0.15) is 6.61 Å². The molecular weight excluding hydrogens is 374 g/mol. The number of nitro groups is 1. The Morgan fingerprint density at radius 1 is 1.37 bits per heavy atom. The third-order valence-corrected chi connectivity index (χ3v) is 4.83. The molecule has 9 nitrogen and oxygen atoms in total. The number of amides is 1. The summed E-state index contributed by atoms with van der Waals surface area (Å²) in [6.07, 6.45) is 0.461. The molecule has 0 bridgehead atoms. The van der Waals surface area contributed by atoms with Crippen LogP contribution in [0.2, 0.25) is 0 Å². The molecule has 1 aliphatic heterocycles. The van der Waals surface area contributed by atoms with Crippen molar-refractivity contribution >= 4 is 24.4 Å². The fourth-order valence-electron chi connectivity index (χ4n) is 3.13. The van der Waals surface area contributed by atoms with Gasteiger partial charge < -0.3 is 19.8 Å². The molecule has 2 heterocycles. The van der Waals surface area contributed by atoms with Gasteiger partial charge in [0.25, 0.3) is 5.69 Å². The maximum atomic E-state index is 12.5. The number of nitrogens with zero attached hydrogens (tertiary/aromatic N) is 2. The first kappa shape index (κ1) is 18.9. The summed E-state index contributed by atoms with van der Waals surface area (Å²) in [5, 5.41) is 29.8. The van der Waals surface area contributed by atoms with E-state index < -0.39 is 11.0 Å². The highest BCUT2D eigenvalue weighted by atomic mass is 32.1. The SMILES string of the molecule is O=C(OCc1ccc([N+](=O)[O-])cc1)N1C[C@@H](S)C[C@H]1Cc1cc(O)[nH]c1O. The number of benzene rings is 1. The summed E-state index contributed by atoms with van der Waals surface area (Å²) in [6, 6.07) is 6.98. The molecule has 2 atom stereocenters. The summed E-state index contributed by atoms with van der Waals surface area (Å²) >= 11 is 4.44. The number of likely N-dealkylation sites (tertiary alicyclic amines) is 1. The lowest BCUT2D eigenvalue weighted by Crippen LogP contribution is -2.37. The molecule has 0 radical (unpaired) electrons. The number of nitro benzene ring substituents is 1. The topological polar surface area (TPSA) is 129 Å². The van der Waals surface area contributed by atoms with Crippen molar-refractivity contribution in [2.24, 2.45) is 0 Å². The molecule has 0 aliphatic carbocycles. The number of thiol groups is 1. The zero-order valence-corrected chi connectivity index (χ0v) is 15.1. The van der Waals surface area contributed by atoms with Crippen LogP contribution in [0.5, 0.6) is 11.8 Å². The average Bonchev–Trinajstić information content (AvgIpc) is 3.14. The molecule has 1 aliphatic rings. The van der Waals surface area contributed by atoms with Crippen molar-refractivity contribution in [3.63, 3.8) is 0 Å². The monoisotopic (exact) mass is 393 g/mol. The molecule has 0 saturated carbocycles. The van der Waals surface area contributed by atoms with E-state index in [1.54, 1.807) is 4.90 Å². The summed E-state index contributed by atoms with van der Waals surface area (Å²) in [6.45, 7) is 0.400. The van der Waals surface area contributed by atoms with Gasteiger partial charge in [0, 0.05) is 41.6 Å². The minimum atomic E-state index is -0.519. The maximum Gasteiger partial charge on any atom is 0.410 e. The lowest BCUT2D eigenvalue weighted by atomic mass is 10.1. The van der Waals surface area contributed by atoms with Gasteiger partial charge in [-0.3, -0.25) is 15.1 Å². The fraction of sp³-hybridized carbons (Fsp3) is 0.353. The van der Waals surface area contributed by atoms with E-state index in [0.29, 0.717) is 30.5 Å². The first-order valence-electron chi connectivity index (χ1n) is 8.28. The summed E-state index contributed by atoms with van der Waals surface area (Å²) in [7, 11) is 0. The smallest absolute Gasteiger partial charge is 0.410 e. The molecule has 3 rings (SSSR count). The highest BCUT2D eigenvalue weighted by Crippen LogP contribution is 2.30. The van der Waals surface area contributed by atoms with E-state index in [-0.39, 0.29) is 35.3 Å². The Bertz CT molecular complexity index is 838. The second-order valence-corrected chi connectivity index (χ2v) is 7.14. The van der Waals surface area contributed by atoms with Crippen molar-refractivity contribution < 1.29 is 24.7 Å². The van der Waals surface area contributed by atoms with Crippen LogP contribution in [-0.2, 0) is 17.8 Å². The van der Waals surface area contributed by atoms with Gasteiger partial charge in [-0.05, 0) is 30.5 Å². The predicted molar refractivity (Wildman–Crippen MR) is 99.0 cm³/mol. The maximum absolute atomic E-state index is 12.5. The zero-order valence-electron chi connectivity index (χ0n) is 14.2. The largest absolute Gasteiger partial charge is 0.495 e. The van der Waals surface area contributed by atoms with Gasteiger partial charge in [0.15, 0.2) is 11.8 Å². The number of rotatable bonds is 5. The standard InChI is InChI=1S/C17H19N3O6S/c21-15-6-11(16(22)18-15)5-13-7-14(27)8-19(13)17(23)26-9-10-1-3-12(4-2-10)20(24)25/h1-4,6,13-14,18,21-22,27H,5,7-9H2/t13-,14+/m1/s1. The van der Waals surface area contributed by atoms with Crippen LogP contribution in [0.3, 0.4) is 0 Å². The highest BCUT2D eigenvalue weighted by molar-refractivity contribution is 7.81. The number of H-pyrrole nitrogens is 1. The van der Waals surface area contributed by atoms with Crippen LogP contribution in [0.15, 0.2) is 30.3 Å². The molecule has 2 aromatic rings. The van der Waals surface area contributed by atoms with Gasteiger partial charge in [-0.25, -0.2) is 4.79 Å². The minimum Gasteiger partial charge on any atom is -0.495 e. The van der Waals surface area contributed by atoms with E-state index in [9.17, 15) is 25.1 Å². The number of carbonyl (C=O) groups is 1. The Morgan fingerprint density at radius 2 is 2.07 bits per heavy atom. The molecule has 3 N–H and O–H groups in total. The summed E-state index contributed by atoms with van der Waals surface area (Å²) in [5.41, 5.74) is 1.12. The Morgan fingerprint density at radius 3 is 2.67 bits per heavy atom.